The third-order valence-corrected chi connectivity index (χ3v) is 0.701. The summed E-state index contributed by atoms with van der Waals surface area (Å²) in [5.74, 6) is 4.51. The highest BCUT2D eigenvalue weighted by Gasteiger charge is 1.83. The molecule has 3 N–H and O–H groups in total. The predicted molar refractivity (Wildman–Crippen MR) is 24.9 cm³/mol. The first-order chi connectivity index (χ1) is 3.27. The normalized spacial score (nSPS) is 15.9. The van der Waals surface area contributed by atoms with Gasteiger partial charge in [0.05, 0.1) is 7.05 Å². The second kappa shape index (κ2) is 4.39. The Bertz CT molecular complexity index is 41.9. The van der Waals surface area contributed by atoms with Gasteiger partial charge in [0.25, 0.3) is 0 Å². The van der Waals surface area contributed by atoms with E-state index in [1.807, 2.05) is 0 Å². The zero-order chi connectivity index (χ0) is 5.70. The van der Waals surface area contributed by atoms with Gasteiger partial charge in [-0.25, -0.2) is 15.7 Å². The van der Waals surface area contributed by atoms with Crippen molar-refractivity contribution >= 4 is 9.03 Å². The summed E-state index contributed by atoms with van der Waals surface area (Å²) in [4.78, 5) is 0. The molecule has 0 saturated heterocycles. The summed E-state index contributed by atoms with van der Waals surface area (Å²) in [7, 11) is 0.907. The second-order valence-electron chi connectivity index (χ2n) is 0.795. The van der Waals surface area contributed by atoms with Crippen LogP contribution in [0.5, 0.6) is 0 Å². The van der Waals surface area contributed by atoms with Crippen LogP contribution in [0.2, 0.25) is 0 Å². The van der Waals surface area contributed by atoms with Gasteiger partial charge in [-0.2, -0.15) is 4.62 Å². The third kappa shape index (κ3) is 6.23. The van der Waals surface area contributed by atoms with Crippen molar-refractivity contribution in [3.05, 3.63) is 5.21 Å². The van der Waals surface area contributed by atoms with Crippen molar-refractivity contribution in [2.75, 3.05) is 7.05 Å². The van der Waals surface area contributed by atoms with Crippen molar-refractivity contribution in [3.8, 4) is 0 Å². The van der Waals surface area contributed by atoms with Gasteiger partial charge in [-0.05, 0) is 0 Å². The number of rotatable bonds is 3. The molecule has 0 saturated carbocycles. The molecule has 0 aromatic heterocycles. The summed E-state index contributed by atoms with van der Waals surface area (Å²) in [5.41, 5.74) is 0. The maximum absolute atomic E-state index is 9.85. The Morgan fingerprint density at radius 1 is 1.86 bits per heavy atom. The molecular weight excluding hydrogens is 119 g/mol. The molecule has 5 nitrogen and oxygen atoms in total. The summed E-state index contributed by atoms with van der Waals surface area (Å²) in [6.45, 7) is 0. The molecule has 2 atom stereocenters. The smallest absolute Gasteiger partial charge is 0.244 e. The first kappa shape index (κ1) is 7.23. The molecule has 44 valence electrons. The fraction of sp³-hybridized carbons (Fsp3) is 1.00. The van der Waals surface area contributed by atoms with E-state index in [0.717, 1.165) is 0 Å². The zero-order valence-electron chi connectivity index (χ0n) is 3.80. The van der Waals surface area contributed by atoms with Crippen molar-refractivity contribution < 1.29 is 14.5 Å². The highest BCUT2D eigenvalue weighted by molar-refractivity contribution is 7.25. The molecule has 0 aliphatic rings. The Morgan fingerprint density at radius 3 is 2.57 bits per heavy atom. The summed E-state index contributed by atoms with van der Waals surface area (Å²) >= 11 is 0. The Hall–Kier alpha value is 0.230. The van der Waals surface area contributed by atoms with Crippen LogP contribution in [0, 0.1) is 5.21 Å². The van der Waals surface area contributed by atoms with Crippen molar-refractivity contribution in [1.82, 2.24) is 0 Å². The first-order valence-corrected chi connectivity index (χ1v) is 2.37. The molecule has 0 bridgehead atoms. The molecule has 0 spiro atoms. The van der Waals surface area contributed by atoms with Crippen LogP contribution in [-0.4, -0.2) is 7.05 Å². The van der Waals surface area contributed by atoms with E-state index in [9.17, 15) is 5.21 Å². The highest BCUT2D eigenvalue weighted by Crippen LogP contribution is 2.01. The molecule has 7 heavy (non-hydrogen) atoms. The number of nitrogens with one attached hydrogen (secondary N) is 1. The van der Waals surface area contributed by atoms with Gasteiger partial charge in [-0.15, -0.1) is 0 Å². The minimum Gasteiger partial charge on any atom is -0.600 e. The van der Waals surface area contributed by atoms with E-state index >= 15 is 0 Å². The highest BCUT2D eigenvalue weighted by atomic mass is 31.1. The van der Waals surface area contributed by atoms with Crippen LogP contribution in [0.4, 0.5) is 0 Å². The van der Waals surface area contributed by atoms with Crippen LogP contribution in [0.15, 0.2) is 0 Å². The standard InChI is InChI=1S/CH7N2O3P/c1-3(4)6-7-5-2/h3,7H,2H2,1H3. The lowest BCUT2D eigenvalue weighted by Crippen LogP contribution is -3.01. The van der Waals surface area contributed by atoms with E-state index in [0.29, 0.717) is 0 Å². The second-order valence-corrected chi connectivity index (χ2v) is 1.40. The van der Waals surface area contributed by atoms with Gasteiger partial charge in [-0.1, -0.05) is 0 Å². The van der Waals surface area contributed by atoms with E-state index < -0.39 is 0 Å². The van der Waals surface area contributed by atoms with Crippen LogP contribution in [-0.2, 0) is 9.25 Å². The SMILES string of the molecule is C[NH+]([O-])OPON. The van der Waals surface area contributed by atoms with Gasteiger partial charge < -0.3 is 5.21 Å². The van der Waals surface area contributed by atoms with Gasteiger partial charge >= 0.3 is 0 Å². The average molecular weight is 126 g/mol. The fourth-order valence-corrected chi connectivity index (χ4v) is 0.248. The van der Waals surface area contributed by atoms with E-state index in [-0.39, 0.29) is 14.3 Å². The van der Waals surface area contributed by atoms with Crippen LogP contribution < -0.4 is 11.1 Å². The lowest BCUT2D eigenvalue weighted by molar-refractivity contribution is -1.01. The Kier molecular flexibility index (Phi) is 4.53. The fourth-order valence-electron chi connectivity index (χ4n) is 0.0827. The van der Waals surface area contributed by atoms with Gasteiger partial charge in [-0.3, -0.25) is 0 Å². The summed E-state index contributed by atoms with van der Waals surface area (Å²) in [6.07, 6.45) is 0. The minimum atomic E-state index is -0.385. The number of hydrogen-bond donors (Lipinski definition) is 2. The summed E-state index contributed by atoms with van der Waals surface area (Å²) in [5, 5.41) is 9.47. The van der Waals surface area contributed by atoms with E-state index in [1.54, 1.807) is 0 Å². The molecule has 0 fully saturated rings. The first-order valence-electron chi connectivity index (χ1n) is 1.55. The van der Waals surface area contributed by atoms with Gasteiger partial charge in [0, 0.05) is 0 Å². The maximum Gasteiger partial charge on any atom is 0.244 e. The van der Waals surface area contributed by atoms with Crippen molar-refractivity contribution in [1.29, 1.82) is 0 Å². The average Bonchev–Trinajstić information content (AvgIpc) is 1.61. The number of hydrogen-bond acceptors (Lipinski definition) is 4. The van der Waals surface area contributed by atoms with E-state index in [4.69, 9.17) is 0 Å². The minimum absolute atomic E-state index is 0.377. The molecule has 0 rings (SSSR count). The molecular formula is CH7N2O3P. The van der Waals surface area contributed by atoms with Crippen molar-refractivity contribution in [2.24, 2.45) is 5.90 Å². The Morgan fingerprint density at radius 2 is 2.43 bits per heavy atom. The molecule has 0 heterocycles. The summed E-state index contributed by atoms with van der Waals surface area (Å²) in [6, 6.07) is 0. The van der Waals surface area contributed by atoms with Crippen LogP contribution in [0.1, 0.15) is 0 Å². The van der Waals surface area contributed by atoms with Crippen LogP contribution in [0.3, 0.4) is 0 Å². The number of nitrogens with two attached hydrogens (primary N) is 1. The Balaban J connectivity index is 2.68. The molecule has 0 aromatic carbocycles. The van der Waals surface area contributed by atoms with E-state index in [1.165, 1.54) is 7.05 Å². The number of hydroxylamine groups is 2. The molecule has 0 amide bonds. The molecule has 0 aromatic rings. The molecule has 6 heteroatoms. The monoisotopic (exact) mass is 126 g/mol. The van der Waals surface area contributed by atoms with Crippen LogP contribution in [0.25, 0.3) is 0 Å². The van der Waals surface area contributed by atoms with Crippen LogP contribution >= 0.6 is 9.03 Å². The molecule has 2 unspecified atom stereocenters. The van der Waals surface area contributed by atoms with E-state index in [2.05, 4.69) is 15.1 Å². The van der Waals surface area contributed by atoms with Gasteiger partial charge in [0.1, 0.15) is 0 Å². The van der Waals surface area contributed by atoms with Gasteiger partial charge in [0.2, 0.25) is 9.03 Å². The third-order valence-electron chi connectivity index (χ3n) is 0.234. The molecule has 0 aliphatic carbocycles. The lowest BCUT2D eigenvalue weighted by atomic mass is 11.5. The maximum atomic E-state index is 9.85. The zero-order valence-corrected chi connectivity index (χ0v) is 4.80. The number of quaternary nitrogens is 1. The molecule has 0 aliphatic heterocycles. The van der Waals surface area contributed by atoms with Crippen molar-refractivity contribution in [3.63, 3.8) is 0 Å². The predicted octanol–water partition coefficient (Wildman–Crippen LogP) is -1.67. The largest absolute Gasteiger partial charge is 0.600 e. The molecule has 0 radical (unpaired) electrons. The topological polar surface area (TPSA) is 72.0 Å². The summed E-state index contributed by atoms with van der Waals surface area (Å²) < 4.78 is 8.17. The van der Waals surface area contributed by atoms with Crippen molar-refractivity contribution in [2.45, 2.75) is 0 Å². The quantitative estimate of drug-likeness (QED) is 0.350. The lowest BCUT2D eigenvalue weighted by Gasteiger charge is -2.10. The Labute approximate surface area is 42.8 Å². The van der Waals surface area contributed by atoms with Gasteiger partial charge in [0.15, 0.2) is 0 Å².